The molecule has 1 aliphatic rings. The van der Waals surface area contributed by atoms with Gasteiger partial charge in [-0.15, -0.1) is 3.89 Å². The number of amides is 1. The lowest BCUT2D eigenvalue weighted by Gasteiger charge is -2.16. The highest BCUT2D eigenvalue weighted by atomic mass is 32.3. The lowest BCUT2D eigenvalue weighted by Crippen LogP contribution is -2.28. The van der Waals surface area contributed by atoms with Crippen LogP contribution < -0.4 is 4.74 Å². The summed E-state index contributed by atoms with van der Waals surface area (Å²) >= 11 is 0. The van der Waals surface area contributed by atoms with Crippen molar-refractivity contribution in [2.75, 3.05) is 26.0 Å². The van der Waals surface area contributed by atoms with Gasteiger partial charge in [0.05, 0.1) is 12.9 Å². The van der Waals surface area contributed by atoms with E-state index >= 15 is 0 Å². The van der Waals surface area contributed by atoms with E-state index < -0.39 is 21.9 Å². The Morgan fingerprint density at radius 1 is 1.45 bits per heavy atom. The van der Waals surface area contributed by atoms with E-state index in [9.17, 15) is 22.2 Å². The third kappa shape index (κ3) is 4.33. The van der Waals surface area contributed by atoms with Crippen LogP contribution >= 0.6 is 0 Å². The van der Waals surface area contributed by atoms with Crippen LogP contribution in [0.4, 0.5) is 3.89 Å². The molecule has 0 radical (unpaired) electrons. The molecule has 22 heavy (non-hydrogen) atoms. The molecule has 0 saturated carbocycles. The molecule has 2 rings (SSSR count). The van der Waals surface area contributed by atoms with Crippen molar-refractivity contribution in [2.45, 2.75) is 12.8 Å². The second kappa shape index (κ2) is 6.51. The Balaban J connectivity index is 1.92. The summed E-state index contributed by atoms with van der Waals surface area (Å²) in [5.74, 6) is -0.889. The van der Waals surface area contributed by atoms with Crippen LogP contribution in [0.5, 0.6) is 11.5 Å². The molecule has 1 unspecified atom stereocenters. The number of methoxy groups -OCH3 is 1. The van der Waals surface area contributed by atoms with Gasteiger partial charge >= 0.3 is 10.2 Å². The summed E-state index contributed by atoms with van der Waals surface area (Å²) in [7, 11) is -3.11. The van der Waals surface area contributed by atoms with E-state index in [-0.39, 0.29) is 24.6 Å². The molecule has 1 atom stereocenters. The smallest absolute Gasteiger partial charge is 0.302 e. The van der Waals surface area contributed by atoms with E-state index in [0.29, 0.717) is 18.7 Å². The molecule has 1 amide bonds. The normalized spacial score (nSPS) is 18.7. The Morgan fingerprint density at radius 3 is 2.77 bits per heavy atom. The molecule has 1 heterocycles. The zero-order valence-electron chi connectivity index (χ0n) is 12.2. The standard InChI is InChI=1S/C14H18FNO5S/c1-21-13-3-2-10(6-12(13)17)4-5-16-8-11(7-14(16)18)9-22(15,19)20/h2-3,6,11,17H,4-5,7-9H2,1H3. The zero-order valence-corrected chi connectivity index (χ0v) is 13.0. The zero-order chi connectivity index (χ0) is 16.3. The van der Waals surface area contributed by atoms with Gasteiger partial charge in [0.25, 0.3) is 0 Å². The molecule has 122 valence electrons. The number of aromatic hydroxyl groups is 1. The van der Waals surface area contributed by atoms with E-state index in [1.807, 2.05) is 0 Å². The number of rotatable bonds is 6. The highest BCUT2D eigenvalue weighted by molar-refractivity contribution is 7.86. The number of halogens is 1. The highest BCUT2D eigenvalue weighted by Gasteiger charge is 2.32. The van der Waals surface area contributed by atoms with Gasteiger partial charge in [0.15, 0.2) is 11.5 Å². The fourth-order valence-electron chi connectivity index (χ4n) is 2.62. The van der Waals surface area contributed by atoms with Gasteiger partial charge in [-0.2, -0.15) is 8.42 Å². The summed E-state index contributed by atoms with van der Waals surface area (Å²) < 4.78 is 38.9. The lowest BCUT2D eigenvalue weighted by atomic mass is 10.1. The third-order valence-corrected chi connectivity index (χ3v) is 4.51. The molecule has 1 aliphatic heterocycles. The topological polar surface area (TPSA) is 83.9 Å². The highest BCUT2D eigenvalue weighted by Crippen LogP contribution is 2.27. The van der Waals surface area contributed by atoms with Crippen LogP contribution in [0.2, 0.25) is 0 Å². The van der Waals surface area contributed by atoms with E-state index in [4.69, 9.17) is 4.74 Å². The molecule has 1 N–H and O–H groups in total. The number of carbonyl (C=O) groups is 1. The average Bonchev–Trinajstić information content (AvgIpc) is 2.74. The number of phenols is 1. The number of phenolic OH excluding ortho intramolecular Hbond substituents is 1. The summed E-state index contributed by atoms with van der Waals surface area (Å²) in [6.45, 7) is 0.636. The van der Waals surface area contributed by atoms with E-state index in [2.05, 4.69) is 0 Å². The van der Waals surface area contributed by atoms with Gasteiger partial charge in [0, 0.05) is 25.4 Å². The predicted molar refractivity (Wildman–Crippen MR) is 77.9 cm³/mol. The molecule has 8 heteroatoms. The van der Waals surface area contributed by atoms with Gasteiger partial charge in [0.2, 0.25) is 5.91 Å². The van der Waals surface area contributed by atoms with Crippen molar-refractivity contribution >= 4 is 16.1 Å². The van der Waals surface area contributed by atoms with Crippen LogP contribution in [0.1, 0.15) is 12.0 Å². The summed E-state index contributed by atoms with van der Waals surface area (Å²) in [4.78, 5) is 13.3. The largest absolute Gasteiger partial charge is 0.504 e. The second-order valence-corrected chi connectivity index (χ2v) is 6.78. The van der Waals surface area contributed by atoms with Gasteiger partial charge in [-0.25, -0.2) is 0 Å². The lowest BCUT2D eigenvalue weighted by molar-refractivity contribution is -0.127. The van der Waals surface area contributed by atoms with Gasteiger partial charge in [-0.1, -0.05) is 6.07 Å². The fourth-order valence-corrected chi connectivity index (χ4v) is 3.40. The first kappa shape index (κ1) is 16.5. The Morgan fingerprint density at radius 2 is 2.18 bits per heavy atom. The molecule has 0 aliphatic carbocycles. The quantitative estimate of drug-likeness (QED) is 0.789. The van der Waals surface area contributed by atoms with Crippen molar-refractivity contribution in [3.05, 3.63) is 23.8 Å². The second-order valence-electron chi connectivity index (χ2n) is 5.37. The van der Waals surface area contributed by atoms with Crippen molar-refractivity contribution < 1.29 is 26.9 Å². The molecule has 1 aromatic rings. The molecule has 0 aromatic heterocycles. The van der Waals surface area contributed by atoms with Gasteiger partial charge in [0.1, 0.15) is 0 Å². The van der Waals surface area contributed by atoms with Crippen LogP contribution in [-0.4, -0.2) is 50.3 Å². The molecule has 0 spiro atoms. The number of ether oxygens (including phenoxy) is 1. The van der Waals surface area contributed by atoms with Crippen LogP contribution in [0, 0.1) is 5.92 Å². The first-order valence-corrected chi connectivity index (χ1v) is 8.39. The monoisotopic (exact) mass is 331 g/mol. The maximum absolute atomic E-state index is 12.7. The molecule has 1 saturated heterocycles. The number of carbonyl (C=O) groups excluding carboxylic acids is 1. The van der Waals surface area contributed by atoms with Crippen LogP contribution in [0.3, 0.4) is 0 Å². The average molecular weight is 331 g/mol. The number of likely N-dealkylation sites (tertiary alicyclic amines) is 1. The Bertz CT molecular complexity index is 661. The Hall–Kier alpha value is -1.83. The molecular formula is C14H18FNO5S. The fraction of sp³-hybridized carbons (Fsp3) is 0.500. The van der Waals surface area contributed by atoms with Crippen molar-refractivity contribution in [3.63, 3.8) is 0 Å². The number of hydrogen-bond acceptors (Lipinski definition) is 5. The molecule has 0 bridgehead atoms. The SMILES string of the molecule is COc1ccc(CCN2CC(CS(=O)(=O)F)CC2=O)cc1O. The summed E-state index contributed by atoms with van der Waals surface area (Å²) in [5, 5.41) is 9.69. The van der Waals surface area contributed by atoms with Crippen molar-refractivity contribution in [2.24, 2.45) is 5.92 Å². The molecule has 1 fully saturated rings. The first-order valence-electron chi connectivity index (χ1n) is 6.84. The minimum Gasteiger partial charge on any atom is -0.504 e. The first-order chi connectivity index (χ1) is 10.3. The van der Waals surface area contributed by atoms with E-state index in [0.717, 1.165) is 5.56 Å². The summed E-state index contributed by atoms with van der Waals surface area (Å²) in [6, 6.07) is 4.97. The molecular weight excluding hydrogens is 313 g/mol. The molecule has 6 nitrogen and oxygen atoms in total. The van der Waals surface area contributed by atoms with Gasteiger partial charge < -0.3 is 14.7 Å². The summed E-state index contributed by atoms with van der Waals surface area (Å²) in [5.41, 5.74) is 0.827. The van der Waals surface area contributed by atoms with E-state index in [1.54, 1.807) is 18.2 Å². The number of benzene rings is 1. The van der Waals surface area contributed by atoms with Crippen molar-refractivity contribution in [1.82, 2.24) is 4.90 Å². The predicted octanol–water partition coefficient (Wildman–Crippen LogP) is 1.09. The maximum Gasteiger partial charge on any atom is 0.302 e. The van der Waals surface area contributed by atoms with Crippen LogP contribution in [0.15, 0.2) is 18.2 Å². The van der Waals surface area contributed by atoms with E-state index in [1.165, 1.54) is 12.0 Å². The Labute approximate surface area is 128 Å². The van der Waals surface area contributed by atoms with Gasteiger partial charge in [-0.05, 0) is 24.1 Å². The number of nitrogens with zero attached hydrogens (tertiary/aromatic N) is 1. The summed E-state index contributed by atoms with van der Waals surface area (Å²) in [6.07, 6.45) is 0.565. The minimum atomic E-state index is -4.56. The van der Waals surface area contributed by atoms with Crippen LogP contribution in [0.25, 0.3) is 0 Å². The van der Waals surface area contributed by atoms with Crippen molar-refractivity contribution in [1.29, 1.82) is 0 Å². The third-order valence-electron chi connectivity index (χ3n) is 3.64. The maximum atomic E-state index is 12.7. The van der Waals surface area contributed by atoms with Crippen LogP contribution in [-0.2, 0) is 21.4 Å². The number of hydrogen-bond donors (Lipinski definition) is 1. The molecule has 1 aromatic carbocycles. The van der Waals surface area contributed by atoms with Gasteiger partial charge in [-0.3, -0.25) is 4.79 Å². The minimum absolute atomic E-state index is 0.0224. The Kier molecular flexibility index (Phi) is 4.90. The van der Waals surface area contributed by atoms with Crippen molar-refractivity contribution in [3.8, 4) is 11.5 Å².